The molecule has 0 spiro atoms. The number of amides is 1. The van der Waals surface area contributed by atoms with E-state index in [1.54, 1.807) is 10.9 Å². The highest BCUT2D eigenvalue weighted by Gasteiger charge is 2.25. The molecule has 1 aliphatic heterocycles. The first-order chi connectivity index (χ1) is 10.7. The van der Waals surface area contributed by atoms with Crippen molar-refractivity contribution in [3.63, 3.8) is 0 Å². The van der Waals surface area contributed by atoms with Crippen LogP contribution >= 0.6 is 15.9 Å². The molecule has 0 saturated carbocycles. The first-order valence-electron chi connectivity index (χ1n) is 7.24. The van der Waals surface area contributed by atoms with Gasteiger partial charge in [-0.25, -0.2) is 10.9 Å². The number of aryl methyl sites for hydroxylation is 1. The van der Waals surface area contributed by atoms with Gasteiger partial charge in [0.25, 0.3) is 0 Å². The summed E-state index contributed by atoms with van der Waals surface area (Å²) < 4.78 is 2.66. The SMILES string of the molecule is O=C(CCn1cc(Br)cn1)NC1CC(c2ccccc2)NN1. The van der Waals surface area contributed by atoms with Crippen molar-refractivity contribution in [2.75, 3.05) is 0 Å². The lowest BCUT2D eigenvalue weighted by Crippen LogP contribution is -2.44. The monoisotopic (exact) mass is 363 g/mol. The largest absolute Gasteiger partial charge is 0.339 e. The van der Waals surface area contributed by atoms with Gasteiger partial charge in [-0.15, -0.1) is 0 Å². The van der Waals surface area contributed by atoms with Gasteiger partial charge in [0.15, 0.2) is 0 Å². The van der Waals surface area contributed by atoms with E-state index in [-0.39, 0.29) is 18.1 Å². The second kappa shape index (κ2) is 7.04. The molecule has 0 aliphatic carbocycles. The number of aromatic nitrogens is 2. The Hall–Kier alpha value is -1.70. The fraction of sp³-hybridized carbons (Fsp3) is 0.333. The molecule has 2 aromatic rings. The average Bonchev–Trinajstić information content (AvgIpc) is 3.15. The van der Waals surface area contributed by atoms with Gasteiger partial charge in [-0.05, 0) is 21.5 Å². The molecule has 1 aromatic carbocycles. The van der Waals surface area contributed by atoms with Crippen LogP contribution in [0.4, 0.5) is 0 Å². The summed E-state index contributed by atoms with van der Waals surface area (Å²) in [4.78, 5) is 12.0. The summed E-state index contributed by atoms with van der Waals surface area (Å²) in [6.45, 7) is 0.569. The molecule has 7 heteroatoms. The first kappa shape index (κ1) is 15.2. The minimum Gasteiger partial charge on any atom is -0.339 e. The normalized spacial score (nSPS) is 21.0. The number of nitrogens with zero attached hydrogens (tertiary/aromatic N) is 2. The number of benzene rings is 1. The maximum atomic E-state index is 12.0. The van der Waals surface area contributed by atoms with Crippen LogP contribution in [-0.4, -0.2) is 21.9 Å². The van der Waals surface area contributed by atoms with Crippen molar-refractivity contribution in [2.45, 2.75) is 31.6 Å². The van der Waals surface area contributed by atoms with E-state index in [0.717, 1.165) is 10.9 Å². The third-order valence-electron chi connectivity index (χ3n) is 3.61. The second-order valence-corrected chi connectivity index (χ2v) is 6.20. The summed E-state index contributed by atoms with van der Waals surface area (Å²) in [5.41, 5.74) is 7.56. The molecule has 0 radical (unpaired) electrons. The van der Waals surface area contributed by atoms with Crippen molar-refractivity contribution in [1.82, 2.24) is 25.9 Å². The Bertz CT molecular complexity index is 630. The Kier molecular flexibility index (Phi) is 4.87. The second-order valence-electron chi connectivity index (χ2n) is 5.28. The maximum absolute atomic E-state index is 12.0. The van der Waals surface area contributed by atoms with Gasteiger partial charge >= 0.3 is 0 Å². The highest BCUT2D eigenvalue weighted by atomic mass is 79.9. The van der Waals surface area contributed by atoms with Crippen LogP contribution in [0.25, 0.3) is 0 Å². The lowest BCUT2D eigenvalue weighted by atomic mass is 10.0. The smallest absolute Gasteiger partial charge is 0.223 e. The summed E-state index contributed by atoms with van der Waals surface area (Å²) in [6.07, 6.45) is 4.74. The molecule has 1 amide bonds. The van der Waals surface area contributed by atoms with Gasteiger partial charge in [0, 0.05) is 31.6 Å². The molecule has 22 heavy (non-hydrogen) atoms. The van der Waals surface area contributed by atoms with Crippen LogP contribution in [0, 0.1) is 0 Å². The van der Waals surface area contributed by atoms with Crippen molar-refractivity contribution < 1.29 is 4.79 Å². The van der Waals surface area contributed by atoms with E-state index >= 15 is 0 Å². The molecular weight excluding hydrogens is 346 g/mol. The molecule has 1 aliphatic rings. The predicted molar refractivity (Wildman–Crippen MR) is 86.5 cm³/mol. The van der Waals surface area contributed by atoms with E-state index in [1.165, 1.54) is 5.56 Å². The summed E-state index contributed by atoms with van der Waals surface area (Å²) in [5.74, 6) is 0.0136. The molecule has 2 atom stereocenters. The molecule has 116 valence electrons. The van der Waals surface area contributed by atoms with Crippen LogP contribution in [0.2, 0.25) is 0 Å². The number of carbonyl (C=O) groups is 1. The number of nitrogens with one attached hydrogen (secondary N) is 3. The lowest BCUT2D eigenvalue weighted by molar-refractivity contribution is -0.122. The highest BCUT2D eigenvalue weighted by Crippen LogP contribution is 2.20. The molecule has 1 fully saturated rings. The van der Waals surface area contributed by atoms with Crippen LogP contribution < -0.4 is 16.2 Å². The van der Waals surface area contributed by atoms with Crippen LogP contribution in [-0.2, 0) is 11.3 Å². The molecular formula is C15H18BrN5O. The Morgan fingerprint density at radius 2 is 2.18 bits per heavy atom. The number of hydrazine groups is 1. The Morgan fingerprint density at radius 1 is 1.36 bits per heavy atom. The molecule has 1 aromatic heterocycles. The standard InChI is InChI=1S/C15H18BrN5O/c16-12-9-17-21(10-12)7-6-15(22)18-14-8-13(19-20-14)11-4-2-1-3-5-11/h1-5,9-10,13-14,19-20H,6-8H2,(H,18,22). The summed E-state index contributed by atoms with van der Waals surface area (Å²) in [6, 6.07) is 10.4. The average molecular weight is 364 g/mol. The van der Waals surface area contributed by atoms with Crippen molar-refractivity contribution in [3.8, 4) is 0 Å². The van der Waals surface area contributed by atoms with Crippen LogP contribution in [0.15, 0.2) is 47.2 Å². The van der Waals surface area contributed by atoms with Crippen molar-refractivity contribution in [1.29, 1.82) is 0 Å². The van der Waals surface area contributed by atoms with E-state index in [4.69, 9.17) is 0 Å². The van der Waals surface area contributed by atoms with Gasteiger partial charge in [0.1, 0.15) is 0 Å². The predicted octanol–water partition coefficient (Wildman–Crippen LogP) is 1.72. The van der Waals surface area contributed by atoms with Crippen LogP contribution in [0.1, 0.15) is 24.4 Å². The van der Waals surface area contributed by atoms with Gasteiger partial charge in [-0.3, -0.25) is 9.48 Å². The molecule has 3 rings (SSSR count). The van der Waals surface area contributed by atoms with Crippen molar-refractivity contribution >= 4 is 21.8 Å². The number of halogens is 1. The van der Waals surface area contributed by atoms with Crippen LogP contribution in [0.3, 0.4) is 0 Å². The maximum Gasteiger partial charge on any atom is 0.223 e. The van der Waals surface area contributed by atoms with E-state index in [9.17, 15) is 4.79 Å². The van der Waals surface area contributed by atoms with Gasteiger partial charge in [-0.1, -0.05) is 30.3 Å². The molecule has 6 nitrogen and oxygen atoms in total. The summed E-state index contributed by atoms with van der Waals surface area (Å²) in [7, 11) is 0. The molecule has 3 N–H and O–H groups in total. The zero-order chi connectivity index (χ0) is 15.4. The molecule has 0 bridgehead atoms. The first-order valence-corrected chi connectivity index (χ1v) is 8.03. The lowest BCUT2D eigenvalue weighted by Gasteiger charge is -2.12. The van der Waals surface area contributed by atoms with E-state index in [0.29, 0.717) is 13.0 Å². The van der Waals surface area contributed by atoms with Crippen molar-refractivity contribution in [2.24, 2.45) is 0 Å². The number of carbonyl (C=O) groups excluding carboxylic acids is 1. The highest BCUT2D eigenvalue weighted by molar-refractivity contribution is 9.10. The third kappa shape index (κ3) is 3.94. The van der Waals surface area contributed by atoms with E-state index in [1.807, 2.05) is 24.4 Å². The van der Waals surface area contributed by atoms with Gasteiger partial charge in [-0.2, -0.15) is 5.10 Å². The number of rotatable bonds is 5. The van der Waals surface area contributed by atoms with Gasteiger partial charge in [0.2, 0.25) is 5.91 Å². The third-order valence-corrected chi connectivity index (χ3v) is 4.02. The minimum atomic E-state index is -0.0536. The minimum absolute atomic E-state index is 0.0136. The fourth-order valence-corrected chi connectivity index (χ4v) is 2.83. The Labute approximate surface area is 137 Å². The quantitative estimate of drug-likeness (QED) is 0.756. The van der Waals surface area contributed by atoms with Crippen molar-refractivity contribution in [3.05, 3.63) is 52.8 Å². The molecule has 2 unspecified atom stereocenters. The summed E-state index contributed by atoms with van der Waals surface area (Å²) >= 11 is 3.34. The zero-order valence-electron chi connectivity index (χ0n) is 12.0. The summed E-state index contributed by atoms with van der Waals surface area (Å²) in [5, 5.41) is 7.12. The molecule has 2 heterocycles. The van der Waals surface area contributed by atoms with E-state index < -0.39 is 0 Å². The van der Waals surface area contributed by atoms with Gasteiger partial charge < -0.3 is 5.32 Å². The molecule has 1 saturated heterocycles. The number of hydrogen-bond acceptors (Lipinski definition) is 4. The Balaban J connectivity index is 1.45. The van der Waals surface area contributed by atoms with E-state index in [2.05, 4.69) is 49.3 Å². The number of hydrogen-bond donors (Lipinski definition) is 3. The Morgan fingerprint density at radius 3 is 2.91 bits per heavy atom. The zero-order valence-corrected chi connectivity index (χ0v) is 13.6. The topological polar surface area (TPSA) is 71.0 Å². The van der Waals surface area contributed by atoms with Gasteiger partial charge in [0.05, 0.1) is 16.8 Å². The fourth-order valence-electron chi connectivity index (χ4n) is 2.50. The van der Waals surface area contributed by atoms with Crippen LogP contribution in [0.5, 0.6) is 0 Å².